The molecule has 14 heteroatoms. The smallest absolute Gasteiger partial charge is 0.311 e. The highest BCUT2D eigenvalue weighted by Gasteiger charge is 2.51. The second-order valence-corrected chi connectivity index (χ2v) is 16.9. The molecule has 17 atom stereocenters. The zero-order valence-electron chi connectivity index (χ0n) is 35.2. The second-order valence-electron chi connectivity index (χ2n) is 16.9. The summed E-state index contributed by atoms with van der Waals surface area (Å²) in [4.78, 5) is 21.8. The molecule has 5 unspecified atom stereocenters. The average molecular weight is 772 g/mol. The largest absolute Gasteiger partial charge is 0.460 e. The summed E-state index contributed by atoms with van der Waals surface area (Å²) in [6.45, 7) is 23.3. The zero-order chi connectivity index (χ0) is 40.7. The second kappa shape index (κ2) is 20.1. The molecule has 0 aromatic heterocycles. The number of aliphatic hydroxyl groups is 3. The van der Waals surface area contributed by atoms with Crippen LogP contribution < -0.4 is 5.32 Å². The molecule has 3 rings (SSSR count). The van der Waals surface area contributed by atoms with Gasteiger partial charge in [-0.2, -0.15) is 0 Å². The number of nitrogens with zero attached hydrogens (tertiary/aromatic N) is 2. The highest BCUT2D eigenvalue weighted by molar-refractivity contribution is 5.88. The van der Waals surface area contributed by atoms with Crippen LogP contribution in [-0.2, 0) is 38.1 Å². The highest BCUT2D eigenvalue weighted by atomic mass is 16.7. The van der Waals surface area contributed by atoms with E-state index in [1.54, 1.807) is 33.8 Å². The van der Waals surface area contributed by atoms with Gasteiger partial charge in [0.2, 0.25) is 0 Å². The van der Waals surface area contributed by atoms with Gasteiger partial charge < -0.3 is 58.8 Å². The third-order valence-corrected chi connectivity index (χ3v) is 11.9. The molecule has 3 aliphatic heterocycles. The standard InChI is InChI=1S/C40H73N3O11/c1-15-17-49-42-32-22(3)19-39(10,47)36(54-38-33(44)29(43(12)13)18-24(5)50-38)25(6)34(53-31-20-40(11,48-14)35(45)28(9)51-31)26(7)37(46)52-30(16-2)27(8)41-21-23(32)4/h15,22-31,33-36,38,41,44-45,47H,1,16-21H2,2-14H3/b42-32+/t22-,23?,24-,25+,26-,27?,28+,29+,30?,31?,33-,34?,35+,36-,38+,39-,40-/m1/s1. The zero-order valence-corrected chi connectivity index (χ0v) is 35.2. The van der Waals surface area contributed by atoms with Gasteiger partial charge in [-0.1, -0.05) is 45.5 Å². The Kier molecular flexibility index (Phi) is 17.4. The van der Waals surface area contributed by atoms with Crippen LogP contribution in [0.5, 0.6) is 0 Å². The van der Waals surface area contributed by atoms with Crippen molar-refractivity contribution in [3.05, 3.63) is 12.7 Å². The molecule has 0 saturated carbocycles. The van der Waals surface area contributed by atoms with E-state index >= 15 is 0 Å². The molecule has 3 aliphatic rings. The topological polar surface area (TPSA) is 170 Å². The fraction of sp³-hybridized carbons (Fsp3) is 0.900. The van der Waals surface area contributed by atoms with Gasteiger partial charge in [-0.15, -0.1) is 0 Å². The molecular weight excluding hydrogens is 698 g/mol. The van der Waals surface area contributed by atoms with E-state index in [9.17, 15) is 20.1 Å². The first-order chi connectivity index (χ1) is 25.2. The molecule has 314 valence electrons. The number of rotatable bonds is 10. The van der Waals surface area contributed by atoms with E-state index in [4.69, 9.17) is 33.3 Å². The Morgan fingerprint density at radius 3 is 2.30 bits per heavy atom. The number of likely N-dealkylation sites (N-methyl/N-ethyl adjacent to an activating group) is 1. The fourth-order valence-electron chi connectivity index (χ4n) is 8.47. The number of esters is 1. The van der Waals surface area contributed by atoms with E-state index in [-0.39, 0.29) is 49.5 Å². The summed E-state index contributed by atoms with van der Waals surface area (Å²) in [6, 6.07) is -0.457. The molecule has 0 aliphatic carbocycles. The Bertz CT molecular complexity index is 1220. The lowest BCUT2D eigenvalue weighted by Crippen LogP contribution is -2.60. The Morgan fingerprint density at radius 2 is 1.70 bits per heavy atom. The van der Waals surface area contributed by atoms with E-state index in [2.05, 4.69) is 17.1 Å². The summed E-state index contributed by atoms with van der Waals surface area (Å²) >= 11 is 0. The van der Waals surface area contributed by atoms with Gasteiger partial charge in [-0.3, -0.25) is 4.79 Å². The number of ether oxygens (including phenoxy) is 6. The number of cyclic esters (lactones) is 1. The van der Waals surface area contributed by atoms with E-state index in [1.807, 2.05) is 60.5 Å². The molecule has 3 saturated heterocycles. The van der Waals surface area contributed by atoms with Crippen molar-refractivity contribution in [3.63, 3.8) is 0 Å². The van der Waals surface area contributed by atoms with Crippen molar-refractivity contribution in [2.45, 2.75) is 174 Å². The average Bonchev–Trinajstić information content (AvgIpc) is 3.11. The predicted octanol–water partition coefficient (Wildman–Crippen LogP) is 3.64. The summed E-state index contributed by atoms with van der Waals surface area (Å²) in [5.41, 5.74) is -1.84. The van der Waals surface area contributed by atoms with Crippen molar-refractivity contribution in [3.8, 4) is 0 Å². The van der Waals surface area contributed by atoms with Crippen molar-refractivity contribution in [2.24, 2.45) is 28.8 Å². The molecule has 14 nitrogen and oxygen atoms in total. The summed E-state index contributed by atoms with van der Waals surface area (Å²) in [5.74, 6) is -2.46. The molecule has 4 N–H and O–H groups in total. The molecule has 0 bridgehead atoms. The van der Waals surface area contributed by atoms with Gasteiger partial charge in [0, 0.05) is 49.9 Å². The Labute approximate surface area is 324 Å². The van der Waals surface area contributed by atoms with Crippen LogP contribution in [0.1, 0.15) is 94.9 Å². The van der Waals surface area contributed by atoms with Gasteiger partial charge in [0.15, 0.2) is 12.6 Å². The van der Waals surface area contributed by atoms with Gasteiger partial charge in [0.05, 0.1) is 47.2 Å². The van der Waals surface area contributed by atoms with Crippen molar-refractivity contribution in [1.29, 1.82) is 0 Å². The number of oxime groups is 1. The van der Waals surface area contributed by atoms with Gasteiger partial charge in [-0.25, -0.2) is 0 Å². The predicted molar refractivity (Wildman–Crippen MR) is 206 cm³/mol. The van der Waals surface area contributed by atoms with Gasteiger partial charge >= 0.3 is 5.97 Å². The summed E-state index contributed by atoms with van der Waals surface area (Å²) in [5, 5.41) is 43.4. The highest BCUT2D eigenvalue weighted by Crippen LogP contribution is 2.40. The lowest BCUT2D eigenvalue weighted by molar-refractivity contribution is -0.317. The molecule has 0 aromatic rings. The van der Waals surface area contributed by atoms with Crippen LogP contribution in [0.3, 0.4) is 0 Å². The normalized spacial score (nSPS) is 45.7. The third kappa shape index (κ3) is 11.4. The summed E-state index contributed by atoms with van der Waals surface area (Å²) < 4.78 is 38.0. The van der Waals surface area contributed by atoms with Crippen molar-refractivity contribution in [1.82, 2.24) is 10.2 Å². The number of nitrogens with one attached hydrogen (secondary N) is 1. The molecule has 0 spiro atoms. The van der Waals surface area contributed by atoms with Crippen LogP contribution in [0.2, 0.25) is 0 Å². The maximum atomic E-state index is 14.2. The molecular formula is C40H73N3O11. The van der Waals surface area contributed by atoms with Gasteiger partial charge in [0.25, 0.3) is 0 Å². The summed E-state index contributed by atoms with van der Waals surface area (Å²) in [6.07, 6.45) is -4.14. The van der Waals surface area contributed by atoms with Crippen LogP contribution >= 0.6 is 0 Å². The van der Waals surface area contributed by atoms with E-state index in [0.717, 1.165) is 5.71 Å². The first-order valence-electron chi connectivity index (χ1n) is 19.9. The number of hydrogen-bond acceptors (Lipinski definition) is 14. The van der Waals surface area contributed by atoms with E-state index in [0.29, 0.717) is 19.4 Å². The molecule has 0 aromatic carbocycles. The Hall–Kier alpha value is -1.72. The van der Waals surface area contributed by atoms with Gasteiger partial charge in [-0.05, 0) is 74.9 Å². The molecule has 3 heterocycles. The van der Waals surface area contributed by atoms with Crippen molar-refractivity contribution in [2.75, 3.05) is 34.4 Å². The molecule has 0 amide bonds. The molecule has 0 radical (unpaired) electrons. The Morgan fingerprint density at radius 1 is 1.04 bits per heavy atom. The number of aliphatic hydroxyl groups excluding tert-OH is 2. The quantitative estimate of drug-likeness (QED) is 0.110. The van der Waals surface area contributed by atoms with Gasteiger partial charge in [0.1, 0.15) is 24.9 Å². The lowest BCUT2D eigenvalue weighted by Gasteiger charge is -2.48. The summed E-state index contributed by atoms with van der Waals surface area (Å²) in [7, 11) is 5.33. The monoisotopic (exact) mass is 772 g/mol. The Balaban J connectivity index is 2.19. The SMILES string of the molecule is C=CCO/N=C1/C(C)CNC(C)C(CC)OC(=O)[C@H](C)C(OC2C[C@@](C)(OC)[C@@H](O)[C@H](C)O2)[C@H](C)[C@@H](O[C@@H]2O[C@H](C)C[C@H](N(C)C)[C@H]2O)[C@](C)(O)C[C@H]1C. The van der Waals surface area contributed by atoms with Crippen molar-refractivity contribution < 1.29 is 53.4 Å². The van der Waals surface area contributed by atoms with Crippen LogP contribution in [0.25, 0.3) is 0 Å². The number of carbonyl (C=O) groups excluding carboxylic acids is 1. The minimum absolute atomic E-state index is 0.116. The third-order valence-electron chi connectivity index (χ3n) is 11.9. The van der Waals surface area contributed by atoms with Crippen LogP contribution in [0, 0.1) is 23.7 Å². The maximum Gasteiger partial charge on any atom is 0.311 e. The number of hydrogen-bond donors (Lipinski definition) is 4. The van der Waals surface area contributed by atoms with E-state index in [1.165, 1.54) is 7.11 Å². The van der Waals surface area contributed by atoms with Crippen LogP contribution in [0.4, 0.5) is 0 Å². The van der Waals surface area contributed by atoms with Crippen LogP contribution in [-0.4, -0.2) is 145 Å². The lowest BCUT2D eigenvalue weighted by atomic mass is 9.76. The number of methoxy groups -OCH3 is 1. The van der Waals surface area contributed by atoms with E-state index < -0.39 is 78.2 Å². The number of carbonyl (C=O) groups is 1. The maximum absolute atomic E-state index is 14.2. The van der Waals surface area contributed by atoms with Crippen LogP contribution in [0.15, 0.2) is 17.8 Å². The fourth-order valence-corrected chi connectivity index (χ4v) is 8.47. The molecule has 3 fully saturated rings. The minimum atomic E-state index is -1.59. The first-order valence-corrected chi connectivity index (χ1v) is 19.9. The molecule has 54 heavy (non-hydrogen) atoms. The minimum Gasteiger partial charge on any atom is -0.460 e. The first kappa shape index (κ1) is 46.7. The van der Waals surface area contributed by atoms with Crippen molar-refractivity contribution >= 4 is 11.7 Å².